The average Bonchev–Trinajstić information content (AvgIpc) is 2.67. The fraction of sp³-hybridized carbons (Fsp3) is 0.316. The summed E-state index contributed by atoms with van der Waals surface area (Å²) < 4.78 is 62.7. The Bertz CT molecular complexity index is 919. The fourth-order valence-corrected chi connectivity index (χ4v) is 4.27. The monoisotopic (exact) mass is 397 g/mol. The lowest BCUT2D eigenvalue weighted by Gasteiger charge is -2.34. The number of carbonyl (C=O) groups is 1. The predicted octanol–water partition coefficient (Wildman–Crippen LogP) is 4.08. The van der Waals surface area contributed by atoms with E-state index in [-0.39, 0.29) is 17.4 Å². The minimum absolute atomic E-state index is 0.00597. The van der Waals surface area contributed by atoms with E-state index in [9.17, 15) is 26.4 Å². The first-order chi connectivity index (χ1) is 12.7. The Balaban J connectivity index is 1.79. The largest absolute Gasteiger partial charge is 0.501 e. The second-order valence-corrected chi connectivity index (χ2v) is 8.32. The summed E-state index contributed by atoms with van der Waals surface area (Å²) in [6, 6.07) is 14.0. The van der Waals surface area contributed by atoms with Crippen LogP contribution in [0.1, 0.15) is 23.2 Å². The van der Waals surface area contributed by atoms with Crippen molar-refractivity contribution in [2.45, 2.75) is 23.2 Å². The number of piperidine rings is 1. The lowest BCUT2D eigenvalue weighted by atomic mass is 9.89. The molecule has 0 saturated carbocycles. The van der Waals surface area contributed by atoms with Gasteiger partial charge in [-0.05, 0) is 25.0 Å². The van der Waals surface area contributed by atoms with Crippen LogP contribution in [-0.4, -0.2) is 32.8 Å². The second kappa shape index (κ2) is 7.34. The van der Waals surface area contributed by atoms with Gasteiger partial charge >= 0.3 is 5.51 Å². The fourth-order valence-electron chi connectivity index (χ4n) is 3.29. The maximum atomic E-state index is 13.0. The first kappa shape index (κ1) is 19.4. The average molecular weight is 397 g/mol. The first-order valence-electron chi connectivity index (χ1n) is 8.46. The van der Waals surface area contributed by atoms with Gasteiger partial charge < -0.3 is 4.90 Å². The van der Waals surface area contributed by atoms with E-state index in [2.05, 4.69) is 0 Å². The SMILES string of the molecule is O=C(c1ccccc1)C1CCN(c2ccccc2S(=O)(=O)C(F)(F)F)CC1. The molecule has 27 heavy (non-hydrogen) atoms. The number of para-hydroxylation sites is 1. The molecule has 1 saturated heterocycles. The summed E-state index contributed by atoms with van der Waals surface area (Å²) in [5.74, 6) is -0.221. The highest BCUT2D eigenvalue weighted by Crippen LogP contribution is 2.37. The van der Waals surface area contributed by atoms with Crippen LogP contribution in [0.3, 0.4) is 0 Å². The molecule has 0 unspecified atom stereocenters. The highest BCUT2D eigenvalue weighted by atomic mass is 32.2. The van der Waals surface area contributed by atoms with Gasteiger partial charge in [-0.3, -0.25) is 4.79 Å². The molecule has 0 aliphatic carbocycles. The highest BCUT2D eigenvalue weighted by Gasteiger charge is 2.48. The van der Waals surface area contributed by atoms with Crippen LogP contribution < -0.4 is 4.90 Å². The molecule has 8 heteroatoms. The van der Waals surface area contributed by atoms with E-state index in [1.165, 1.54) is 18.2 Å². The Hall–Kier alpha value is -2.35. The standard InChI is InChI=1S/C19H18F3NO3S/c20-19(21,22)27(25,26)17-9-5-4-8-16(17)23-12-10-15(11-13-23)18(24)14-6-2-1-3-7-14/h1-9,15H,10-13H2. The molecule has 4 nitrogen and oxygen atoms in total. The third-order valence-corrected chi connectivity index (χ3v) is 6.26. The van der Waals surface area contributed by atoms with Crippen LogP contribution in [0.2, 0.25) is 0 Å². The Morgan fingerprint density at radius 2 is 1.48 bits per heavy atom. The van der Waals surface area contributed by atoms with Gasteiger partial charge in [-0.25, -0.2) is 8.42 Å². The summed E-state index contributed by atoms with van der Waals surface area (Å²) in [5, 5.41) is 0. The van der Waals surface area contributed by atoms with Gasteiger partial charge in [0.25, 0.3) is 9.84 Å². The normalized spacial score (nSPS) is 16.3. The minimum atomic E-state index is -5.44. The number of hydrogen-bond acceptors (Lipinski definition) is 4. The number of benzene rings is 2. The number of ketones is 1. The Morgan fingerprint density at radius 3 is 2.07 bits per heavy atom. The van der Waals surface area contributed by atoms with Crippen molar-refractivity contribution in [2.75, 3.05) is 18.0 Å². The van der Waals surface area contributed by atoms with Crippen molar-refractivity contribution in [3.63, 3.8) is 0 Å². The molecule has 144 valence electrons. The molecule has 0 bridgehead atoms. The number of hydrogen-bond donors (Lipinski definition) is 0. The van der Waals surface area contributed by atoms with Gasteiger partial charge in [-0.2, -0.15) is 13.2 Å². The van der Waals surface area contributed by atoms with Crippen LogP contribution in [0.25, 0.3) is 0 Å². The zero-order chi connectivity index (χ0) is 19.7. The molecule has 1 aliphatic heterocycles. The zero-order valence-electron chi connectivity index (χ0n) is 14.3. The van der Waals surface area contributed by atoms with Crippen molar-refractivity contribution >= 4 is 21.3 Å². The molecule has 0 radical (unpaired) electrons. The predicted molar refractivity (Wildman–Crippen MR) is 95.4 cm³/mol. The van der Waals surface area contributed by atoms with Gasteiger partial charge in [0, 0.05) is 24.6 Å². The second-order valence-electron chi connectivity index (χ2n) is 6.41. The molecule has 1 heterocycles. The van der Waals surface area contributed by atoms with E-state index < -0.39 is 20.2 Å². The van der Waals surface area contributed by atoms with Gasteiger partial charge in [-0.1, -0.05) is 42.5 Å². The lowest BCUT2D eigenvalue weighted by Crippen LogP contribution is -2.37. The van der Waals surface area contributed by atoms with Gasteiger partial charge in [0.05, 0.1) is 10.6 Å². The van der Waals surface area contributed by atoms with Crippen LogP contribution in [-0.2, 0) is 9.84 Å². The zero-order valence-corrected chi connectivity index (χ0v) is 15.1. The molecule has 0 spiro atoms. The summed E-state index contributed by atoms with van der Waals surface area (Å²) in [4.78, 5) is 13.4. The van der Waals surface area contributed by atoms with Crippen molar-refractivity contribution in [3.8, 4) is 0 Å². The van der Waals surface area contributed by atoms with E-state index in [0.29, 0.717) is 31.5 Å². The minimum Gasteiger partial charge on any atom is -0.370 e. The molecular formula is C19H18F3NO3S. The summed E-state index contributed by atoms with van der Waals surface area (Å²) in [7, 11) is -5.44. The summed E-state index contributed by atoms with van der Waals surface area (Å²) >= 11 is 0. The molecule has 0 aromatic heterocycles. The topological polar surface area (TPSA) is 54.5 Å². The summed E-state index contributed by atoms with van der Waals surface area (Å²) in [6.45, 7) is 0.626. The molecule has 0 N–H and O–H groups in total. The number of carbonyl (C=O) groups excluding carboxylic acids is 1. The number of anilines is 1. The van der Waals surface area contributed by atoms with Crippen molar-refractivity contribution in [2.24, 2.45) is 5.92 Å². The smallest absolute Gasteiger partial charge is 0.370 e. The number of halogens is 3. The van der Waals surface area contributed by atoms with Gasteiger partial charge in [0.15, 0.2) is 5.78 Å². The van der Waals surface area contributed by atoms with E-state index in [1.807, 2.05) is 6.07 Å². The van der Waals surface area contributed by atoms with Crippen LogP contribution >= 0.6 is 0 Å². The van der Waals surface area contributed by atoms with Crippen molar-refractivity contribution < 1.29 is 26.4 Å². The number of nitrogens with zero attached hydrogens (tertiary/aromatic N) is 1. The Morgan fingerprint density at radius 1 is 0.926 bits per heavy atom. The van der Waals surface area contributed by atoms with E-state index in [0.717, 1.165) is 6.07 Å². The maximum absolute atomic E-state index is 13.0. The quantitative estimate of drug-likeness (QED) is 0.730. The molecule has 2 aromatic rings. The van der Waals surface area contributed by atoms with Crippen LogP contribution in [0, 0.1) is 5.92 Å². The number of sulfone groups is 1. The Kier molecular flexibility index (Phi) is 5.28. The number of alkyl halides is 3. The molecular weight excluding hydrogens is 379 g/mol. The van der Waals surface area contributed by atoms with E-state index in [1.54, 1.807) is 29.2 Å². The van der Waals surface area contributed by atoms with Crippen LogP contribution in [0.15, 0.2) is 59.5 Å². The Labute approximate surface area is 155 Å². The first-order valence-corrected chi connectivity index (χ1v) is 9.95. The number of rotatable bonds is 4. The third kappa shape index (κ3) is 3.85. The maximum Gasteiger partial charge on any atom is 0.501 e. The van der Waals surface area contributed by atoms with Crippen molar-refractivity contribution in [1.82, 2.24) is 0 Å². The highest BCUT2D eigenvalue weighted by molar-refractivity contribution is 7.92. The molecule has 2 aromatic carbocycles. The van der Waals surface area contributed by atoms with E-state index >= 15 is 0 Å². The third-order valence-electron chi connectivity index (χ3n) is 4.72. The van der Waals surface area contributed by atoms with Gasteiger partial charge in [0.1, 0.15) is 0 Å². The number of Topliss-reactive ketones (excluding diaryl/α,β-unsaturated/α-hetero) is 1. The van der Waals surface area contributed by atoms with Crippen LogP contribution in [0.4, 0.5) is 18.9 Å². The molecule has 1 aliphatic rings. The van der Waals surface area contributed by atoms with Gasteiger partial charge in [-0.15, -0.1) is 0 Å². The van der Waals surface area contributed by atoms with Crippen molar-refractivity contribution in [1.29, 1.82) is 0 Å². The molecule has 1 fully saturated rings. The lowest BCUT2D eigenvalue weighted by molar-refractivity contribution is -0.0435. The van der Waals surface area contributed by atoms with E-state index in [4.69, 9.17) is 0 Å². The summed E-state index contributed by atoms with van der Waals surface area (Å²) in [6.07, 6.45) is 0.905. The molecule has 3 rings (SSSR count). The molecule has 0 amide bonds. The van der Waals surface area contributed by atoms with Gasteiger partial charge in [0.2, 0.25) is 0 Å². The summed E-state index contributed by atoms with van der Waals surface area (Å²) in [5.41, 5.74) is -4.72. The van der Waals surface area contributed by atoms with Crippen LogP contribution in [0.5, 0.6) is 0 Å². The van der Waals surface area contributed by atoms with Crippen molar-refractivity contribution in [3.05, 3.63) is 60.2 Å². The molecule has 0 atom stereocenters.